The monoisotopic (exact) mass is 234 g/mol. The second-order valence-electron chi connectivity index (χ2n) is 2.66. The van der Waals surface area contributed by atoms with E-state index in [2.05, 4.69) is 0 Å². The Bertz CT molecular complexity index is 346. The smallest absolute Gasteiger partial charge is 0.318 e. The lowest BCUT2D eigenvalue weighted by Gasteiger charge is -2.04. The first-order valence-electron chi connectivity index (χ1n) is 3.69. The van der Waals surface area contributed by atoms with Crippen molar-refractivity contribution in [1.82, 2.24) is 0 Å². The highest BCUT2D eigenvalue weighted by Crippen LogP contribution is 2.22. The molecule has 0 radical (unpaired) electrons. The molecule has 6 heteroatoms. The average Bonchev–Trinajstić information content (AvgIpc) is 2.46. The van der Waals surface area contributed by atoms with Crippen molar-refractivity contribution in [3.05, 3.63) is 21.3 Å². The van der Waals surface area contributed by atoms with Gasteiger partial charge in [0, 0.05) is 16.7 Å². The van der Waals surface area contributed by atoms with Gasteiger partial charge in [-0.05, 0) is 6.07 Å². The highest BCUT2D eigenvalue weighted by atomic mass is 35.5. The van der Waals surface area contributed by atoms with Gasteiger partial charge in [0.1, 0.15) is 0 Å². The third kappa shape index (κ3) is 2.71. The second-order valence-corrected chi connectivity index (χ2v) is 4.10. The van der Waals surface area contributed by atoms with Crippen LogP contribution in [-0.4, -0.2) is 22.2 Å². The Balaban J connectivity index is 2.74. The molecule has 0 amide bonds. The van der Waals surface area contributed by atoms with Gasteiger partial charge < -0.3 is 10.2 Å². The minimum Gasteiger partial charge on any atom is -0.481 e. The molecule has 4 nitrogen and oxygen atoms in total. The molecule has 14 heavy (non-hydrogen) atoms. The molecule has 0 saturated carbocycles. The first-order valence-corrected chi connectivity index (χ1v) is 4.95. The van der Waals surface area contributed by atoms with E-state index < -0.39 is 17.9 Å². The number of carboxylic acid groups (broad SMARTS) is 2. The summed E-state index contributed by atoms with van der Waals surface area (Å²) in [6.07, 6.45) is -0.0257. The van der Waals surface area contributed by atoms with Crippen LogP contribution in [0.4, 0.5) is 0 Å². The molecule has 1 aromatic heterocycles. The highest BCUT2D eigenvalue weighted by molar-refractivity contribution is 7.10. The first-order chi connectivity index (χ1) is 6.50. The fourth-order valence-corrected chi connectivity index (χ4v) is 2.06. The molecule has 1 rings (SSSR count). The Labute approximate surface area is 88.7 Å². The Morgan fingerprint density at radius 2 is 2.00 bits per heavy atom. The number of halogens is 1. The number of hydrogen-bond acceptors (Lipinski definition) is 3. The molecule has 0 saturated heterocycles. The number of rotatable bonds is 4. The first kappa shape index (κ1) is 11.0. The molecule has 1 aromatic rings. The maximum absolute atomic E-state index is 10.5. The van der Waals surface area contributed by atoms with E-state index in [1.807, 2.05) is 0 Å². The molecule has 0 aliphatic carbocycles. The van der Waals surface area contributed by atoms with E-state index in [1.165, 1.54) is 11.3 Å². The van der Waals surface area contributed by atoms with Crippen molar-refractivity contribution in [2.75, 3.05) is 0 Å². The number of carboxylic acids is 2. The van der Waals surface area contributed by atoms with Gasteiger partial charge in [-0.3, -0.25) is 9.59 Å². The van der Waals surface area contributed by atoms with Gasteiger partial charge in [-0.15, -0.1) is 11.3 Å². The van der Waals surface area contributed by atoms with E-state index in [-0.39, 0.29) is 6.42 Å². The van der Waals surface area contributed by atoms with Crippen LogP contribution in [0, 0.1) is 5.92 Å². The zero-order valence-electron chi connectivity index (χ0n) is 6.94. The molecule has 0 aromatic carbocycles. The Hall–Kier alpha value is -1.07. The second kappa shape index (κ2) is 4.43. The predicted octanol–water partition coefficient (Wildman–Crippen LogP) is 1.73. The summed E-state index contributed by atoms with van der Waals surface area (Å²) in [4.78, 5) is 21.7. The number of thiophene rings is 1. The van der Waals surface area contributed by atoms with Gasteiger partial charge in [-0.2, -0.15) is 0 Å². The third-order valence-corrected chi connectivity index (χ3v) is 2.93. The zero-order chi connectivity index (χ0) is 10.7. The summed E-state index contributed by atoms with van der Waals surface area (Å²) in [6, 6.07) is 1.57. The maximum atomic E-state index is 10.5. The lowest BCUT2D eigenvalue weighted by Crippen LogP contribution is -2.25. The van der Waals surface area contributed by atoms with E-state index in [4.69, 9.17) is 21.8 Å². The summed E-state index contributed by atoms with van der Waals surface area (Å²) in [5.74, 6) is -4.06. The summed E-state index contributed by atoms with van der Waals surface area (Å²) in [6.45, 7) is 0. The van der Waals surface area contributed by atoms with Crippen molar-refractivity contribution < 1.29 is 19.8 Å². The van der Waals surface area contributed by atoms with Gasteiger partial charge in [0.25, 0.3) is 0 Å². The fraction of sp³-hybridized carbons (Fsp3) is 0.250. The van der Waals surface area contributed by atoms with Crippen molar-refractivity contribution in [2.24, 2.45) is 5.92 Å². The van der Waals surface area contributed by atoms with E-state index >= 15 is 0 Å². The van der Waals surface area contributed by atoms with Crippen molar-refractivity contribution in [3.63, 3.8) is 0 Å². The molecule has 0 aliphatic heterocycles. The van der Waals surface area contributed by atoms with Crippen molar-refractivity contribution >= 4 is 34.9 Å². The number of carbonyl (C=O) groups is 2. The van der Waals surface area contributed by atoms with Crippen molar-refractivity contribution in [2.45, 2.75) is 6.42 Å². The summed E-state index contributed by atoms with van der Waals surface area (Å²) in [7, 11) is 0. The van der Waals surface area contributed by atoms with Gasteiger partial charge in [-0.25, -0.2) is 0 Å². The zero-order valence-corrected chi connectivity index (χ0v) is 8.51. The SMILES string of the molecule is O=C(O)C(Cc1cc(Cl)cs1)C(=O)O. The molecule has 0 atom stereocenters. The third-order valence-electron chi connectivity index (χ3n) is 1.62. The summed E-state index contributed by atoms with van der Waals surface area (Å²) in [5.41, 5.74) is 0. The lowest BCUT2D eigenvalue weighted by molar-refractivity contribution is -0.154. The standard InChI is InChI=1S/C8H7ClO4S/c9-4-1-5(14-3-4)2-6(7(10)11)8(12)13/h1,3,6H,2H2,(H,10,11)(H,12,13). The highest BCUT2D eigenvalue weighted by Gasteiger charge is 2.26. The van der Waals surface area contributed by atoms with Crippen LogP contribution in [0.2, 0.25) is 5.02 Å². The van der Waals surface area contributed by atoms with Gasteiger partial charge in [0.05, 0.1) is 5.02 Å². The number of hydrogen-bond donors (Lipinski definition) is 2. The normalized spacial score (nSPS) is 10.4. The average molecular weight is 235 g/mol. The van der Waals surface area contributed by atoms with E-state index in [0.717, 1.165) is 0 Å². The number of aliphatic carboxylic acids is 2. The molecule has 0 aliphatic rings. The topological polar surface area (TPSA) is 74.6 Å². The Morgan fingerprint density at radius 1 is 1.43 bits per heavy atom. The molecule has 0 unspecified atom stereocenters. The molecule has 1 heterocycles. The van der Waals surface area contributed by atoms with Gasteiger partial charge >= 0.3 is 11.9 Å². The summed E-state index contributed by atoms with van der Waals surface area (Å²) in [5, 5.41) is 19.3. The molecule has 2 N–H and O–H groups in total. The van der Waals surface area contributed by atoms with Crippen LogP contribution in [0.5, 0.6) is 0 Å². The van der Waals surface area contributed by atoms with Gasteiger partial charge in [0.15, 0.2) is 5.92 Å². The minimum absolute atomic E-state index is 0.0257. The quantitative estimate of drug-likeness (QED) is 0.778. The summed E-state index contributed by atoms with van der Waals surface area (Å²) < 4.78 is 0. The van der Waals surface area contributed by atoms with E-state index in [1.54, 1.807) is 11.4 Å². The Kier molecular flexibility index (Phi) is 3.49. The van der Waals surface area contributed by atoms with Crippen molar-refractivity contribution in [3.8, 4) is 0 Å². The van der Waals surface area contributed by atoms with Crippen LogP contribution in [0.3, 0.4) is 0 Å². The van der Waals surface area contributed by atoms with Crippen molar-refractivity contribution in [1.29, 1.82) is 0 Å². The molecule has 0 fully saturated rings. The van der Waals surface area contributed by atoms with E-state index in [9.17, 15) is 9.59 Å². The van der Waals surface area contributed by atoms with Crippen LogP contribution < -0.4 is 0 Å². The van der Waals surface area contributed by atoms with Crippen LogP contribution in [0.15, 0.2) is 11.4 Å². The van der Waals surface area contributed by atoms with Gasteiger partial charge in [0.2, 0.25) is 0 Å². The summed E-state index contributed by atoms with van der Waals surface area (Å²) >= 11 is 6.87. The maximum Gasteiger partial charge on any atom is 0.318 e. The fourth-order valence-electron chi connectivity index (χ4n) is 0.942. The largest absolute Gasteiger partial charge is 0.481 e. The lowest BCUT2D eigenvalue weighted by atomic mass is 10.1. The Morgan fingerprint density at radius 3 is 2.36 bits per heavy atom. The van der Waals surface area contributed by atoms with Crippen LogP contribution in [0.1, 0.15) is 4.88 Å². The van der Waals surface area contributed by atoms with Gasteiger partial charge in [-0.1, -0.05) is 11.6 Å². The van der Waals surface area contributed by atoms with Crippen LogP contribution in [0.25, 0.3) is 0 Å². The van der Waals surface area contributed by atoms with Crippen LogP contribution >= 0.6 is 22.9 Å². The molecular formula is C8H7ClO4S. The van der Waals surface area contributed by atoms with E-state index in [0.29, 0.717) is 9.90 Å². The minimum atomic E-state index is -1.40. The molecule has 76 valence electrons. The molecule has 0 spiro atoms. The molecular weight excluding hydrogens is 228 g/mol. The predicted molar refractivity (Wildman–Crippen MR) is 51.8 cm³/mol. The molecule has 0 bridgehead atoms. The van der Waals surface area contributed by atoms with Crippen LogP contribution in [-0.2, 0) is 16.0 Å².